The van der Waals surface area contributed by atoms with Crippen LogP contribution in [0.3, 0.4) is 0 Å². The largest absolute Gasteiger partial charge is 0.322 e. The van der Waals surface area contributed by atoms with Crippen molar-refractivity contribution in [1.82, 2.24) is 76.4 Å². The van der Waals surface area contributed by atoms with Crippen LogP contribution in [0.5, 0.6) is 0 Å². The van der Waals surface area contributed by atoms with Gasteiger partial charge in [0.15, 0.2) is 0 Å². The summed E-state index contributed by atoms with van der Waals surface area (Å²) in [4.78, 5) is 47.2. The predicted octanol–water partition coefficient (Wildman–Crippen LogP) is 35.4. The molecular formula is C121H145FN16S8. The van der Waals surface area contributed by atoms with Gasteiger partial charge in [-0.05, 0) is 290 Å². The average Bonchev–Trinajstić information content (AvgIpc) is 1.51. The summed E-state index contributed by atoms with van der Waals surface area (Å²) < 4.78 is 34.0. The summed E-state index contributed by atoms with van der Waals surface area (Å²) in [6.07, 6.45) is 77.6. The molecule has 0 N–H and O–H groups in total. The molecule has 16 aromatic rings. The fourth-order valence-electron chi connectivity index (χ4n) is 30.6. The van der Waals surface area contributed by atoms with E-state index in [0.29, 0.717) is 54.8 Å². The molecule has 764 valence electrons. The number of rotatable bonds is 10. The number of imidazole rings is 8. The lowest BCUT2D eigenvalue weighted by Crippen LogP contribution is -2.27. The molecule has 8 saturated carbocycles. The SMILES string of the molecule is C[C@@H]1CCCC([C@@H]2c3sccc3-c3cncn32)C1.C[C@@H]1CCCC([C@H]2c3sccc3-c3cncn32)C1.C[C@@H]1CCC[C@H]([C@H]2c3sccc3-c3cncn32)C1.C[C@H]1CCCC([C@@H]2c3sccc3-c3cncn32)C1.C[C@H]1CCCC([C@H]2c3sccc3-c3cncn32)C1.C[C@H]1CCC[C@@H]([C@@H]2c3sccc3-c3cncn32)C1.C[C@H]1CCC[C@H]([C@H]2c3sccc3-c3cncn32)C1.FC1(CC[C@@H]2c3sccc3-c3cncn32)CCCCC1. The van der Waals surface area contributed by atoms with Gasteiger partial charge in [0.05, 0.1) is 194 Å². The van der Waals surface area contributed by atoms with E-state index in [4.69, 9.17) is 0 Å². The molecule has 16 aliphatic rings. The third-order valence-electron chi connectivity index (χ3n) is 37.3. The van der Waals surface area contributed by atoms with Gasteiger partial charge in [0.1, 0.15) is 5.67 Å². The highest BCUT2D eigenvalue weighted by Gasteiger charge is 2.47. The number of nitrogens with zero attached hydrogens (tertiary/aromatic N) is 16. The monoisotopic (exact) mass is 2100 g/mol. The van der Waals surface area contributed by atoms with Crippen molar-refractivity contribution in [3.63, 3.8) is 0 Å². The van der Waals surface area contributed by atoms with Gasteiger partial charge in [-0.25, -0.2) is 44.3 Å². The Morgan fingerprint density at radius 2 is 0.411 bits per heavy atom. The Morgan fingerprint density at radius 3 is 0.610 bits per heavy atom. The van der Waals surface area contributed by atoms with Crippen LogP contribution >= 0.6 is 90.7 Å². The molecule has 0 aromatic carbocycles. The summed E-state index contributed by atoms with van der Waals surface area (Å²) >= 11 is 15.3. The van der Waals surface area contributed by atoms with E-state index in [0.717, 1.165) is 115 Å². The molecule has 24 heterocycles. The zero-order valence-electron chi connectivity index (χ0n) is 86.2. The molecule has 0 bridgehead atoms. The summed E-state index contributed by atoms with van der Waals surface area (Å²) in [6.45, 7) is 16.9. The Balaban J connectivity index is 0.0000000870. The van der Waals surface area contributed by atoms with Gasteiger partial charge in [0, 0.05) is 83.5 Å². The number of hydrogen-bond donors (Lipinski definition) is 0. The van der Waals surface area contributed by atoms with Gasteiger partial charge in [0.2, 0.25) is 0 Å². The second-order valence-corrected chi connectivity index (χ2v) is 54.8. The first-order chi connectivity index (χ1) is 71.7. The minimum Gasteiger partial charge on any atom is -0.322 e. The molecule has 0 radical (unpaired) electrons. The second kappa shape index (κ2) is 42.4. The molecule has 0 saturated heterocycles. The quantitative estimate of drug-likeness (QED) is 0.132. The Bertz CT molecular complexity index is 5740. The topological polar surface area (TPSA) is 143 Å². The highest BCUT2D eigenvalue weighted by atomic mass is 32.1. The number of fused-ring (bicyclic) bond motifs is 24. The van der Waals surface area contributed by atoms with Gasteiger partial charge < -0.3 is 36.5 Å². The Morgan fingerprint density at radius 1 is 0.233 bits per heavy atom. The van der Waals surface area contributed by atoms with Crippen molar-refractivity contribution in [2.24, 2.45) is 82.9 Å². The maximum absolute atomic E-state index is 14.8. The lowest BCUT2D eigenvalue weighted by atomic mass is 9.78. The molecule has 0 amide bonds. The van der Waals surface area contributed by atoms with E-state index in [1.165, 1.54) is 281 Å². The van der Waals surface area contributed by atoms with E-state index in [1.807, 2.05) is 180 Å². The van der Waals surface area contributed by atoms with E-state index >= 15 is 0 Å². The molecule has 0 spiro atoms. The van der Waals surface area contributed by atoms with E-state index < -0.39 is 5.67 Å². The fourth-order valence-corrected chi connectivity index (χ4v) is 39.3. The van der Waals surface area contributed by atoms with Crippen LogP contribution in [-0.2, 0) is 0 Å². The number of aromatic nitrogens is 16. The van der Waals surface area contributed by atoms with Crippen LogP contribution in [-0.4, -0.2) is 82.1 Å². The maximum atomic E-state index is 14.8. The van der Waals surface area contributed by atoms with Gasteiger partial charge in [-0.2, -0.15) is 0 Å². The average molecular weight is 2100 g/mol. The second-order valence-electron chi connectivity index (χ2n) is 47.2. The fraction of sp³-hybridized carbons (Fsp3) is 0.537. The zero-order chi connectivity index (χ0) is 98.4. The van der Waals surface area contributed by atoms with Gasteiger partial charge in [-0.3, -0.25) is 0 Å². The van der Waals surface area contributed by atoms with E-state index in [-0.39, 0.29) is 0 Å². The number of hydrogen-bond acceptors (Lipinski definition) is 16. The Hall–Kier alpha value is -8.79. The Kier molecular flexibility index (Phi) is 28.5. The molecule has 16 nitrogen and oxygen atoms in total. The Labute approximate surface area is 894 Å². The van der Waals surface area contributed by atoms with Crippen LogP contribution in [0, 0.1) is 82.9 Å². The molecule has 32 rings (SSSR count). The van der Waals surface area contributed by atoms with Gasteiger partial charge in [0.25, 0.3) is 0 Å². The highest BCUT2D eigenvalue weighted by molar-refractivity contribution is 7.12. The summed E-state index contributed by atoms with van der Waals surface area (Å²) in [6, 6.07) is 22.3. The van der Waals surface area contributed by atoms with Crippen molar-refractivity contribution >= 4 is 90.7 Å². The first kappa shape index (κ1) is 98.0. The molecule has 4 unspecified atom stereocenters. The molecule has 16 aromatic heterocycles. The minimum absolute atomic E-state index is 0.303. The van der Waals surface area contributed by atoms with Crippen LogP contribution in [0.4, 0.5) is 4.39 Å². The van der Waals surface area contributed by atoms with Crippen LogP contribution < -0.4 is 0 Å². The number of alkyl halides is 1. The zero-order valence-corrected chi connectivity index (χ0v) is 92.8. The summed E-state index contributed by atoms with van der Waals surface area (Å²) in [5.74, 6) is 11.9. The van der Waals surface area contributed by atoms with Crippen LogP contribution in [0.2, 0.25) is 0 Å². The van der Waals surface area contributed by atoms with E-state index in [1.54, 1.807) is 45.5 Å². The first-order valence-corrected chi connectivity index (χ1v) is 63.2. The van der Waals surface area contributed by atoms with Crippen LogP contribution in [0.1, 0.15) is 361 Å². The smallest absolute Gasteiger partial charge is 0.111 e. The van der Waals surface area contributed by atoms with Gasteiger partial charge >= 0.3 is 0 Å². The molecule has 8 fully saturated rings. The number of halogens is 1. The van der Waals surface area contributed by atoms with Crippen molar-refractivity contribution in [3.05, 3.63) is 231 Å². The van der Waals surface area contributed by atoms with Gasteiger partial charge in [-0.1, -0.05) is 158 Å². The van der Waals surface area contributed by atoms with Gasteiger partial charge in [-0.15, -0.1) is 90.7 Å². The third kappa shape index (κ3) is 18.7. The van der Waals surface area contributed by atoms with Crippen molar-refractivity contribution in [2.75, 3.05) is 0 Å². The molecule has 8 aliphatic carbocycles. The van der Waals surface area contributed by atoms with Crippen LogP contribution in [0.25, 0.3) is 90.1 Å². The summed E-state index contributed by atoms with van der Waals surface area (Å²) in [5.41, 5.74) is 20.9. The van der Waals surface area contributed by atoms with Crippen molar-refractivity contribution in [2.45, 2.75) is 327 Å². The predicted molar refractivity (Wildman–Crippen MR) is 603 cm³/mol. The molecule has 146 heavy (non-hydrogen) atoms. The lowest BCUT2D eigenvalue weighted by Gasteiger charge is -2.32. The normalized spacial score (nSPS) is 29.3. The van der Waals surface area contributed by atoms with Crippen LogP contribution in [0.15, 0.2) is 192 Å². The molecule has 22 atom stereocenters. The standard InChI is InChI=1S/C16H19FN2S.7C15H18N2S/c17-16(6-2-1-3-7-16)8-4-13-15-12(5-9-20-15)14-10-18-11-19(13)14;7*1-10-3-2-4-11(7-10)14-15-12(5-6-18-15)13-8-16-9-17(13)14/h5,9-11,13H,1-4,6-8H2;7*5-6,8-11,14H,2-4,7H2,1H3/t13-;2*10-,11?,14+;2*10-,11?,14-;2*10-,11+,14+;10-,11-,14-/m11010100/s1. The lowest BCUT2D eigenvalue weighted by molar-refractivity contribution is 0.0904. The van der Waals surface area contributed by atoms with E-state index in [9.17, 15) is 4.39 Å². The molecular weight excluding hydrogens is 1950 g/mol. The van der Waals surface area contributed by atoms with E-state index in [2.05, 4.69) is 216 Å². The van der Waals surface area contributed by atoms with Crippen molar-refractivity contribution < 1.29 is 4.39 Å². The summed E-state index contributed by atoms with van der Waals surface area (Å²) in [5, 5.41) is 17.8. The molecule has 8 aliphatic heterocycles. The highest BCUT2D eigenvalue weighted by Crippen LogP contribution is 2.60. The first-order valence-electron chi connectivity index (χ1n) is 56.1. The third-order valence-corrected chi connectivity index (χ3v) is 45.2. The van der Waals surface area contributed by atoms with Crippen molar-refractivity contribution in [1.29, 1.82) is 0 Å². The molecule has 25 heteroatoms. The van der Waals surface area contributed by atoms with Crippen molar-refractivity contribution in [3.8, 4) is 90.1 Å². The summed E-state index contributed by atoms with van der Waals surface area (Å²) in [7, 11) is 0. The maximum Gasteiger partial charge on any atom is 0.111 e. The minimum atomic E-state index is -0.918. The number of thiophene rings is 8.